The van der Waals surface area contributed by atoms with Crippen LogP contribution in [0.3, 0.4) is 0 Å². The molecular formula is C26H29N7O3. The monoisotopic (exact) mass is 487 g/mol. The molecule has 0 bridgehead atoms. The molecule has 1 aliphatic heterocycles. The number of nitrogens with zero attached hydrogens (tertiary/aromatic N) is 5. The highest BCUT2D eigenvalue weighted by Crippen LogP contribution is 2.33. The van der Waals surface area contributed by atoms with Gasteiger partial charge in [0, 0.05) is 41.4 Å². The minimum Gasteiger partial charge on any atom is -0.385 e. The van der Waals surface area contributed by atoms with Crippen LogP contribution in [0.5, 0.6) is 0 Å². The summed E-state index contributed by atoms with van der Waals surface area (Å²) in [7, 11) is 0. The number of rotatable bonds is 6. The summed E-state index contributed by atoms with van der Waals surface area (Å²) in [5.41, 5.74) is 9.74. The van der Waals surface area contributed by atoms with Gasteiger partial charge in [0.1, 0.15) is 24.1 Å². The number of aryl methyl sites for hydroxylation is 2. The molecule has 1 fully saturated rings. The van der Waals surface area contributed by atoms with Gasteiger partial charge in [0.25, 0.3) is 0 Å². The van der Waals surface area contributed by atoms with Crippen molar-refractivity contribution in [3.8, 4) is 0 Å². The Morgan fingerprint density at radius 2 is 1.89 bits per heavy atom. The molecule has 5 N–H and O–H groups in total. The number of imidazole rings is 1. The van der Waals surface area contributed by atoms with Crippen LogP contribution in [-0.4, -0.2) is 66.2 Å². The van der Waals surface area contributed by atoms with Crippen LogP contribution in [0.15, 0.2) is 49.1 Å². The van der Waals surface area contributed by atoms with Crippen molar-refractivity contribution in [2.75, 3.05) is 25.4 Å². The number of aliphatic hydroxyl groups is 2. The van der Waals surface area contributed by atoms with Crippen LogP contribution in [0.4, 0.5) is 5.82 Å². The van der Waals surface area contributed by atoms with E-state index in [2.05, 4.69) is 75.1 Å². The number of nitrogen functional groups attached to an aromatic ring is 1. The Hall–Kier alpha value is -3.57. The van der Waals surface area contributed by atoms with E-state index in [9.17, 15) is 10.2 Å². The van der Waals surface area contributed by atoms with E-state index in [4.69, 9.17) is 10.5 Å². The van der Waals surface area contributed by atoms with Gasteiger partial charge in [-0.25, -0.2) is 15.0 Å². The number of hydrogen-bond acceptors (Lipinski definition) is 8. The van der Waals surface area contributed by atoms with E-state index in [1.165, 1.54) is 50.2 Å². The molecule has 3 aromatic heterocycles. The summed E-state index contributed by atoms with van der Waals surface area (Å²) in [6.45, 7) is 5.92. The van der Waals surface area contributed by atoms with Crippen molar-refractivity contribution in [2.45, 2.75) is 38.3 Å². The van der Waals surface area contributed by atoms with Crippen molar-refractivity contribution < 1.29 is 14.9 Å². The molecule has 0 aliphatic carbocycles. The minimum absolute atomic E-state index is 0.0958. The van der Waals surface area contributed by atoms with Gasteiger partial charge in [0.05, 0.1) is 12.9 Å². The molecule has 1 aliphatic rings. The number of nitrogens with two attached hydrogens (primary N) is 1. The fourth-order valence-corrected chi connectivity index (χ4v) is 5.22. The first-order valence-corrected chi connectivity index (χ1v) is 12.0. The quantitative estimate of drug-likeness (QED) is 0.266. The van der Waals surface area contributed by atoms with Crippen molar-refractivity contribution in [3.05, 3.63) is 60.2 Å². The molecule has 0 amide bonds. The van der Waals surface area contributed by atoms with Gasteiger partial charge in [0.2, 0.25) is 0 Å². The van der Waals surface area contributed by atoms with Crippen LogP contribution in [0.1, 0.15) is 11.1 Å². The maximum Gasteiger partial charge on any atom is 0.197 e. The number of aliphatic hydroxyl groups excluding tert-OH is 1. The smallest absolute Gasteiger partial charge is 0.197 e. The first kappa shape index (κ1) is 22.9. The Kier molecular flexibility index (Phi) is 5.41. The van der Waals surface area contributed by atoms with Crippen LogP contribution in [0, 0.1) is 13.8 Å². The van der Waals surface area contributed by atoms with Gasteiger partial charge in [-0.2, -0.15) is 0 Å². The van der Waals surface area contributed by atoms with Gasteiger partial charge >= 0.3 is 0 Å². The number of anilines is 1. The lowest BCUT2D eigenvalue weighted by Gasteiger charge is -2.28. The zero-order valence-corrected chi connectivity index (χ0v) is 20.2. The van der Waals surface area contributed by atoms with Crippen molar-refractivity contribution in [1.29, 1.82) is 0 Å². The predicted molar refractivity (Wildman–Crippen MR) is 137 cm³/mol. The summed E-state index contributed by atoms with van der Waals surface area (Å²) in [4.78, 5) is 12.3. The molecule has 3 atom stereocenters. The van der Waals surface area contributed by atoms with Gasteiger partial charge in [0.15, 0.2) is 17.2 Å². The molecule has 5 aromatic rings. The SMILES string of the molecule is Cc1ccc2c(c1)c1ccc(C)cc1n2CCNCC1OCC(O)(n2cnc3c(N)ncnc32)C1O. The number of hydrogen-bond donors (Lipinski definition) is 4. The normalized spacial score (nSPS) is 22.3. The molecule has 6 rings (SSSR count). The second-order valence-corrected chi connectivity index (χ2v) is 9.62. The second-order valence-electron chi connectivity index (χ2n) is 9.62. The van der Waals surface area contributed by atoms with Gasteiger partial charge in [-0.05, 0) is 37.6 Å². The highest BCUT2D eigenvalue weighted by Gasteiger charge is 2.50. The Bertz CT molecular complexity index is 1590. The molecule has 2 aromatic carbocycles. The van der Waals surface area contributed by atoms with Gasteiger partial charge in [-0.15, -0.1) is 0 Å². The number of aromatic nitrogens is 5. The number of fused-ring (bicyclic) bond motifs is 4. The van der Waals surface area contributed by atoms with Gasteiger partial charge in [-0.1, -0.05) is 23.8 Å². The topological polar surface area (TPSA) is 136 Å². The van der Waals surface area contributed by atoms with E-state index in [-0.39, 0.29) is 12.4 Å². The van der Waals surface area contributed by atoms with Crippen molar-refractivity contribution in [1.82, 2.24) is 29.4 Å². The van der Waals surface area contributed by atoms with Crippen molar-refractivity contribution in [2.24, 2.45) is 0 Å². The number of ether oxygens (including phenoxy) is 1. The zero-order chi connectivity index (χ0) is 25.0. The minimum atomic E-state index is -1.70. The summed E-state index contributed by atoms with van der Waals surface area (Å²) < 4.78 is 9.54. The van der Waals surface area contributed by atoms with Gasteiger partial charge in [-0.3, -0.25) is 4.57 Å². The molecule has 0 saturated carbocycles. The highest BCUT2D eigenvalue weighted by atomic mass is 16.5. The second kappa shape index (κ2) is 8.52. The summed E-state index contributed by atoms with van der Waals surface area (Å²) in [5, 5.41) is 28.2. The molecule has 10 heteroatoms. The first-order chi connectivity index (χ1) is 17.4. The average molecular weight is 488 g/mol. The largest absolute Gasteiger partial charge is 0.385 e. The zero-order valence-electron chi connectivity index (χ0n) is 20.2. The lowest BCUT2D eigenvalue weighted by atomic mass is 10.1. The maximum atomic E-state index is 11.3. The average Bonchev–Trinajstić information content (AvgIpc) is 3.51. The van der Waals surface area contributed by atoms with E-state index < -0.39 is 17.9 Å². The molecular weight excluding hydrogens is 458 g/mol. The van der Waals surface area contributed by atoms with Crippen LogP contribution in [0.2, 0.25) is 0 Å². The molecule has 10 nitrogen and oxygen atoms in total. The highest BCUT2D eigenvalue weighted by molar-refractivity contribution is 6.08. The lowest BCUT2D eigenvalue weighted by molar-refractivity contribution is -0.107. The molecule has 4 heterocycles. The van der Waals surface area contributed by atoms with Crippen LogP contribution in [0.25, 0.3) is 33.0 Å². The summed E-state index contributed by atoms with van der Waals surface area (Å²) >= 11 is 0. The van der Waals surface area contributed by atoms with E-state index in [0.29, 0.717) is 24.3 Å². The van der Waals surface area contributed by atoms with Crippen LogP contribution < -0.4 is 11.1 Å². The Balaban J connectivity index is 1.17. The van der Waals surface area contributed by atoms with Crippen LogP contribution in [-0.2, 0) is 17.0 Å². The Morgan fingerprint density at radius 1 is 1.08 bits per heavy atom. The van der Waals surface area contributed by atoms with Crippen molar-refractivity contribution in [3.63, 3.8) is 0 Å². The maximum absolute atomic E-state index is 11.3. The fraction of sp³-hybridized carbons (Fsp3) is 0.346. The van der Waals surface area contributed by atoms with Crippen LogP contribution >= 0.6 is 0 Å². The lowest BCUT2D eigenvalue weighted by Crippen LogP contribution is -2.48. The number of benzene rings is 2. The molecule has 0 spiro atoms. The molecule has 1 saturated heterocycles. The third-order valence-corrected chi connectivity index (χ3v) is 7.15. The van der Waals surface area contributed by atoms with Gasteiger partial charge < -0.3 is 30.6 Å². The van der Waals surface area contributed by atoms with E-state index in [1.807, 2.05) is 0 Å². The van der Waals surface area contributed by atoms with E-state index in [1.54, 1.807) is 0 Å². The third kappa shape index (κ3) is 3.53. The summed E-state index contributed by atoms with van der Waals surface area (Å²) in [5.74, 6) is 0.212. The molecule has 0 radical (unpaired) electrons. The summed E-state index contributed by atoms with van der Waals surface area (Å²) in [6, 6.07) is 13.1. The number of nitrogens with one attached hydrogen (secondary N) is 1. The standard InChI is InChI=1S/C26H29N7O3/c1-15-4-6-19-18(9-15)17-5-3-16(2)10-20(17)32(19)8-7-28-11-21-23(34)26(35,12-36-21)33-14-31-22-24(27)29-13-30-25(22)33/h3-6,9-10,13-14,21,23,28,34-35H,7-8,11-12H2,1-2H3,(H2,27,29,30). The molecule has 36 heavy (non-hydrogen) atoms. The molecule has 186 valence electrons. The molecule has 3 unspecified atom stereocenters. The van der Waals surface area contributed by atoms with E-state index >= 15 is 0 Å². The van der Waals surface area contributed by atoms with Crippen molar-refractivity contribution >= 4 is 38.8 Å². The van der Waals surface area contributed by atoms with E-state index in [0.717, 1.165) is 6.54 Å². The summed E-state index contributed by atoms with van der Waals surface area (Å²) in [6.07, 6.45) is 0.925. The first-order valence-electron chi connectivity index (χ1n) is 12.0. The third-order valence-electron chi connectivity index (χ3n) is 7.15. The fourth-order valence-electron chi connectivity index (χ4n) is 5.22. The Morgan fingerprint density at radius 3 is 2.75 bits per heavy atom. The Labute approximate surface area is 207 Å². The predicted octanol–water partition coefficient (Wildman–Crippen LogP) is 1.83.